The molecule has 2 unspecified atom stereocenters. The number of hydrogen-bond acceptors (Lipinski definition) is 2. The standard InChI is InChI=1S/C17H33N3O.HI/c1-3-18-17(20-15-8-10-16(21)11-9-15)19-12-14-7-5-4-6-13(14)2;/h13-16,21H,3-12H2,1-2H3,(H2,18,19,20);1H. The number of nitrogens with zero attached hydrogens (tertiary/aromatic N) is 1. The molecule has 0 bridgehead atoms. The minimum Gasteiger partial charge on any atom is -0.393 e. The van der Waals surface area contributed by atoms with Crippen molar-refractivity contribution in [3.63, 3.8) is 0 Å². The van der Waals surface area contributed by atoms with Crippen molar-refractivity contribution in [2.24, 2.45) is 16.8 Å². The van der Waals surface area contributed by atoms with Gasteiger partial charge in [0.2, 0.25) is 0 Å². The molecular formula is C17H34IN3O. The number of hydrogen-bond donors (Lipinski definition) is 3. The van der Waals surface area contributed by atoms with Gasteiger partial charge in [-0.3, -0.25) is 4.99 Å². The number of aliphatic hydroxyl groups excluding tert-OH is 1. The molecule has 2 saturated carbocycles. The van der Waals surface area contributed by atoms with E-state index < -0.39 is 0 Å². The van der Waals surface area contributed by atoms with E-state index in [1.807, 2.05) is 0 Å². The van der Waals surface area contributed by atoms with Gasteiger partial charge in [0, 0.05) is 19.1 Å². The third-order valence-electron chi connectivity index (χ3n) is 5.15. The maximum atomic E-state index is 9.59. The summed E-state index contributed by atoms with van der Waals surface area (Å²) in [7, 11) is 0. The fourth-order valence-electron chi connectivity index (χ4n) is 3.61. The van der Waals surface area contributed by atoms with Crippen LogP contribution < -0.4 is 10.6 Å². The Labute approximate surface area is 152 Å². The number of halogens is 1. The molecule has 0 saturated heterocycles. The first kappa shape index (κ1) is 20.0. The Morgan fingerprint density at radius 1 is 1.09 bits per heavy atom. The zero-order chi connectivity index (χ0) is 15.1. The highest BCUT2D eigenvalue weighted by Crippen LogP contribution is 2.29. The van der Waals surface area contributed by atoms with Crippen LogP contribution in [0.1, 0.15) is 65.2 Å². The molecule has 0 heterocycles. The van der Waals surface area contributed by atoms with Gasteiger partial charge in [-0.15, -0.1) is 24.0 Å². The highest BCUT2D eigenvalue weighted by atomic mass is 127. The maximum absolute atomic E-state index is 9.59. The molecule has 2 atom stereocenters. The van der Waals surface area contributed by atoms with Crippen LogP contribution in [-0.4, -0.2) is 36.3 Å². The van der Waals surface area contributed by atoms with Crippen molar-refractivity contribution in [2.45, 2.75) is 77.4 Å². The summed E-state index contributed by atoms with van der Waals surface area (Å²) < 4.78 is 0. The van der Waals surface area contributed by atoms with Gasteiger partial charge >= 0.3 is 0 Å². The summed E-state index contributed by atoms with van der Waals surface area (Å²) >= 11 is 0. The van der Waals surface area contributed by atoms with Crippen molar-refractivity contribution in [3.05, 3.63) is 0 Å². The van der Waals surface area contributed by atoms with Crippen molar-refractivity contribution >= 4 is 29.9 Å². The highest BCUT2D eigenvalue weighted by molar-refractivity contribution is 14.0. The Hall–Kier alpha value is -0.0400. The molecular weight excluding hydrogens is 389 g/mol. The second-order valence-electron chi connectivity index (χ2n) is 6.89. The van der Waals surface area contributed by atoms with E-state index in [9.17, 15) is 5.11 Å². The predicted molar refractivity (Wildman–Crippen MR) is 104 cm³/mol. The van der Waals surface area contributed by atoms with E-state index in [0.29, 0.717) is 6.04 Å². The first-order valence-corrected chi connectivity index (χ1v) is 8.92. The van der Waals surface area contributed by atoms with Crippen molar-refractivity contribution in [1.82, 2.24) is 10.6 Å². The second kappa shape index (κ2) is 10.7. The SMILES string of the molecule is CCNC(=NCC1CCCCC1C)NC1CCC(O)CC1.I. The molecule has 2 aliphatic rings. The third-order valence-corrected chi connectivity index (χ3v) is 5.15. The molecule has 0 aromatic rings. The summed E-state index contributed by atoms with van der Waals surface area (Å²) in [5.41, 5.74) is 0. The molecule has 2 fully saturated rings. The maximum Gasteiger partial charge on any atom is 0.191 e. The molecule has 3 N–H and O–H groups in total. The fraction of sp³-hybridized carbons (Fsp3) is 0.941. The first-order valence-electron chi connectivity index (χ1n) is 8.92. The van der Waals surface area contributed by atoms with E-state index in [1.54, 1.807) is 0 Å². The van der Waals surface area contributed by atoms with Gasteiger partial charge in [-0.25, -0.2) is 0 Å². The monoisotopic (exact) mass is 423 g/mol. The molecule has 0 aromatic carbocycles. The van der Waals surface area contributed by atoms with Crippen molar-refractivity contribution < 1.29 is 5.11 Å². The van der Waals surface area contributed by atoms with Crippen LogP contribution in [0, 0.1) is 11.8 Å². The van der Waals surface area contributed by atoms with Crippen LogP contribution in [-0.2, 0) is 0 Å². The molecule has 5 heteroatoms. The number of aliphatic imine (C=N–C) groups is 1. The minimum absolute atomic E-state index is 0. The van der Waals surface area contributed by atoms with E-state index >= 15 is 0 Å². The number of rotatable bonds is 4. The third kappa shape index (κ3) is 6.60. The summed E-state index contributed by atoms with van der Waals surface area (Å²) in [5, 5.41) is 16.5. The largest absolute Gasteiger partial charge is 0.393 e. The van der Waals surface area contributed by atoms with Gasteiger partial charge < -0.3 is 15.7 Å². The van der Waals surface area contributed by atoms with Crippen LogP contribution in [0.25, 0.3) is 0 Å². The predicted octanol–water partition coefficient (Wildman–Crippen LogP) is 3.29. The Bertz CT molecular complexity index is 330. The molecule has 2 aliphatic carbocycles. The highest BCUT2D eigenvalue weighted by Gasteiger charge is 2.22. The van der Waals surface area contributed by atoms with Gasteiger partial charge in [-0.05, 0) is 50.9 Å². The van der Waals surface area contributed by atoms with Crippen LogP contribution >= 0.6 is 24.0 Å². The van der Waals surface area contributed by atoms with Gasteiger partial charge in [0.15, 0.2) is 5.96 Å². The van der Waals surface area contributed by atoms with Gasteiger partial charge in [0.1, 0.15) is 0 Å². The average Bonchev–Trinajstić information content (AvgIpc) is 2.49. The Kier molecular flexibility index (Phi) is 9.71. The van der Waals surface area contributed by atoms with Gasteiger partial charge in [-0.1, -0.05) is 26.2 Å². The molecule has 130 valence electrons. The molecule has 4 nitrogen and oxygen atoms in total. The van der Waals surface area contributed by atoms with E-state index in [2.05, 4.69) is 24.5 Å². The summed E-state index contributed by atoms with van der Waals surface area (Å²) in [6, 6.07) is 0.468. The Morgan fingerprint density at radius 2 is 1.77 bits per heavy atom. The fourth-order valence-corrected chi connectivity index (χ4v) is 3.61. The lowest BCUT2D eigenvalue weighted by molar-refractivity contribution is 0.120. The van der Waals surface area contributed by atoms with Gasteiger partial charge in [0.25, 0.3) is 0 Å². The molecule has 0 aliphatic heterocycles. The lowest BCUT2D eigenvalue weighted by Gasteiger charge is -2.29. The zero-order valence-corrected chi connectivity index (χ0v) is 16.5. The molecule has 2 rings (SSSR count). The van der Waals surface area contributed by atoms with E-state index in [-0.39, 0.29) is 30.1 Å². The van der Waals surface area contributed by atoms with Gasteiger partial charge in [-0.2, -0.15) is 0 Å². The number of aliphatic hydroxyl groups is 1. The van der Waals surface area contributed by atoms with Crippen LogP contribution in [0.2, 0.25) is 0 Å². The molecule has 0 amide bonds. The minimum atomic E-state index is -0.0920. The summed E-state index contributed by atoms with van der Waals surface area (Å²) in [5.74, 6) is 2.54. The zero-order valence-electron chi connectivity index (χ0n) is 14.2. The lowest BCUT2D eigenvalue weighted by Crippen LogP contribution is -2.45. The normalized spacial score (nSPS) is 33.0. The molecule has 0 spiro atoms. The molecule has 22 heavy (non-hydrogen) atoms. The van der Waals surface area contributed by atoms with Crippen LogP contribution in [0.4, 0.5) is 0 Å². The molecule has 0 aromatic heterocycles. The van der Waals surface area contributed by atoms with E-state index in [1.165, 1.54) is 25.7 Å². The summed E-state index contributed by atoms with van der Waals surface area (Å²) in [6.07, 6.45) is 9.29. The number of nitrogens with one attached hydrogen (secondary N) is 2. The summed E-state index contributed by atoms with van der Waals surface area (Å²) in [6.45, 7) is 6.35. The second-order valence-corrected chi connectivity index (χ2v) is 6.89. The van der Waals surface area contributed by atoms with Crippen LogP contribution in [0.3, 0.4) is 0 Å². The van der Waals surface area contributed by atoms with E-state index in [4.69, 9.17) is 4.99 Å². The van der Waals surface area contributed by atoms with Crippen molar-refractivity contribution in [2.75, 3.05) is 13.1 Å². The summed E-state index contributed by atoms with van der Waals surface area (Å²) in [4.78, 5) is 4.83. The molecule has 0 radical (unpaired) electrons. The van der Waals surface area contributed by atoms with E-state index in [0.717, 1.165) is 56.6 Å². The Morgan fingerprint density at radius 3 is 2.41 bits per heavy atom. The van der Waals surface area contributed by atoms with Crippen molar-refractivity contribution in [3.8, 4) is 0 Å². The topological polar surface area (TPSA) is 56.7 Å². The van der Waals surface area contributed by atoms with Gasteiger partial charge in [0.05, 0.1) is 6.10 Å². The number of guanidine groups is 1. The first-order chi connectivity index (χ1) is 10.2. The van der Waals surface area contributed by atoms with Crippen LogP contribution in [0.5, 0.6) is 0 Å². The quantitative estimate of drug-likeness (QED) is 0.370. The Balaban J connectivity index is 0.00000242. The lowest BCUT2D eigenvalue weighted by atomic mass is 9.80. The smallest absolute Gasteiger partial charge is 0.191 e. The van der Waals surface area contributed by atoms with Crippen molar-refractivity contribution in [1.29, 1.82) is 0 Å². The average molecular weight is 423 g/mol. The van der Waals surface area contributed by atoms with Crippen LogP contribution in [0.15, 0.2) is 4.99 Å².